The highest BCUT2D eigenvalue weighted by molar-refractivity contribution is 5.32. The Labute approximate surface area is 82.9 Å². The first-order chi connectivity index (χ1) is 6.74. The van der Waals surface area contributed by atoms with Gasteiger partial charge in [0.1, 0.15) is 5.76 Å². The lowest BCUT2D eigenvalue weighted by atomic mass is 9.87. The third kappa shape index (κ3) is 1.76. The number of aliphatic hydroxyl groups is 1. The summed E-state index contributed by atoms with van der Waals surface area (Å²) in [7, 11) is 0. The van der Waals surface area contributed by atoms with Gasteiger partial charge in [0.25, 0.3) is 0 Å². The van der Waals surface area contributed by atoms with Crippen molar-refractivity contribution in [1.82, 2.24) is 0 Å². The van der Waals surface area contributed by atoms with Gasteiger partial charge >= 0.3 is 0 Å². The molecule has 1 aromatic heterocycles. The van der Waals surface area contributed by atoms with Crippen LogP contribution < -0.4 is 5.32 Å². The van der Waals surface area contributed by atoms with Crippen LogP contribution in [0.4, 0.5) is 5.88 Å². The van der Waals surface area contributed by atoms with Crippen LogP contribution in [0, 0.1) is 12.3 Å². The van der Waals surface area contributed by atoms with E-state index in [2.05, 4.69) is 5.32 Å². The number of ether oxygens (including phenoxy) is 1. The van der Waals surface area contributed by atoms with Crippen LogP contribution in [0.5, 0.6) is 0 Å². The molecule has 1 saturated heterocycles. The van der Waals surface area contributed by atoms with E-state index < -0.39 is 0 Å². The topological polar surface area (TPSA) is 54.6 Å². The van der Waals surface area contributed by atoms with Crippen molar-refractivity contribution in [2.45, 2.75) is 6.92 Å². The predicted molar refractivity (Wildman–Crippen MR) is 52.3 cm³/mol. The van der Waals surface area contributed by atoms with E-state index in [0.717, 1.165) is 11.6 Å². The molecular formula is C10H15NO3. The van der Waals surface area contributed by atoms with Crippen LogP contribution in [-0.2, 0) is 4.74 Å². The minimum atomic E-state index is -0.110. The average Bonchev–Trinajstić information content (AvgIpc) is 2.50. The van der Waals surface area contributed by atoms with Crippen molar-refractivity contribution in [1.29, 1.82) is 0 Å². The molecule has 4 heteroatoms. The molecule has 0 aliphatic carbocycles. The van der Waals surface area contributed by atoms with Gasteiger partial charge in [-0.25, -0.2) is 0 Å². The standard InChI is InChI=1S/C10H15NO3/c1-8-2-3-9(14-8)11-4-10(5-12)6-13-7-10/h2-3,11-12H,4-7H2,1H3. The summed E-state index contributed by atoms with van der Waals surface area (Å²) in [5, 5.41) is 12.3. The van der Waals surface area contributed by atoms with Gasteiger partial charge in [-0.05, 0) is 13.0 Å². The van der Waals surface area contributed by atoms with Crippen molar-refractivity contribution in [3.8, 4) is 0 Å². The lowest BCUT2D eigenvalue weighted by molar-refractivity contribution is -0.128. The molecule has 1 fully saturated rings. The lowest BCUT2D eigenvalue weighted by Crippen LogP contribution is -2.50. The van der Waals surface area contributed by atoms with E-state index in [1.54, 1.807) is 0 Å². The summed E-state index contributed by atoms with van der Waals surface area (Å²) < 4.78 is 10.5. The summed E-state index contributed by atoms with van der Waals surface area (Å²) >= 11 is 0. The molecule has 14 heavy (non-hydrogen) atoms. The summed E-state index contributed by atoms with van der Waals surface area (Å²) in [5.74, 6) is 1.64. The molecule has 0 radical (unpaired) electrons. The molecule has 2 heterocycles. The number of aryl methyl sites for hydroxylation is 1. The Hall–Kier alpha value is -1.00. The SMILES string of the molecule is Cc1ccc(NCC2(CO)COC2)o1. The normalized spacial score (nSPS) is 19.0. The number of rotatable bonds is 4. The highest BCUT2D eigenvalue weighted by Gasteiger charge is 2.37. The smallest absolute Gasteiger partial charge is 0.193 e. The quantitative estimate of drug-likeness (QED) is 0.756. The molecule has 1 aliphatic heterocycles. The minimum absolute atomic E-state index is 0.110. The van der Waals surface area contributed by atoms with Gasteiger partial charge in [0.05, 0.1) is 25.2 Å². The number of aliphatic hydroxyl groups excluding tert-OH is 1. The van der Waals surface area contributed by atoms with Gasteiger partial charge in [0.15, 0.2) is 5.88 Å². The van der Waals surface area contributed by atoms with Crippen molar-refractivity contribution in [3.63, 3.8) is 0 Å². The number of nitrogens with one attached hydrogen (secondary N) is 1. The van der Waals surface area contributed by atoms with E-state index >= 15 is 0 Å². The number of hydrogen-bond donors (Lipinski definition) is 2. The molecule has 0 atom stereocenters. The molecule has 78 valence electrons. The van der Waals surface area contributed by atoms with Crippen LogP contribution in [0.1, 0.15) is 5.76 Å². The van der Waals surface area contributed by atoms with E-state index in [0.29, 0.717) is 19.8 Å². The Balaban J connectivity index is 1.87. The van der Waals surface area contributed by atoms with Crippen LogP contribution >= 0.6 is 0 Å². The molecule has 0 spiro atoms. The first-order valence-electron chi connectivity index (χ1n) is 4.73. The van der Waals surface area contributed by atoms with Crippen LogP contribution in [0.2, 0.25) is 0 Å². The van der Waals surface area contributed by atoms with E-state index in [1.165, 1.54) is 0 Å². The summed E-state index contributed by atoms with van der Waals surface area (Å²) in [6.07, 6.45) is 0. The maximum atomic E-state index is 9.17. The maximum Gasteiger partial charge on any atom is 0.193 e. The minimum Gasteiger partial charge on any atom is -0.446 e. The van der Waals surface area contributed by atoms with Gasteiger partial charge in [-0.2, -0.15) is 0 Å². The Morgan fingerprint density at radius 2 is 2.29 bits per heavy atom. The van der Waals surface area contributed by atoms with E-state index in [1.807, 2.05) is 19.1 Å². The number of hydrogen-bond acceptors (Lipinski definition) is 4. The summed E-state index contributed by atoms with van der Waals surface area (Å²) in [4.78, 5) is 0. The zero-order chi connectivity index (χ0) is 10.0. The second-order valence-corrected chi connectivity index (χ2v) is 3.91. The van der Waals surface area contributed by atoms with E-state index in [-0.39, 0.29) is 12.0 Å². The van der Waals surface area contributed by atoms with E-state index in [4.69, 9.17) is 14.3 Å². The molecule has 0 aromatic carbocycles. The van der Waals surface area contributed by atoms with Crippen LogP contribution in [-0.4, -0.2) is 31.5 Å². The highest BCUT2D eigenvalue weighted by atomic mass is 16.5. The molecule has 0 amide bonds. The summed E-state index contributed by atoms with van der Waals surface area (Å²) in [6.45, 7) is 3.99. The molecule has 1 aromatic rings. The number of anilines is 1. The van der Waals surface area contributed by atoms with E-state index in [9.17, 15) is 0 Å². The second kappa shape index (κ2) is 3.63. The molecule has 1 aliphatic rings. The van der Waals surface area contributed by atoms with Gasteiger partial charge in [-0.3, -0.25) is 0 Å². The van der Waals surface area contributed by atoms with Gasteiger partial charge in [0, 0.05) is 12.6 Å². The summed E-state index contributed by atoms with van der Waals surface area (Å²) in [6, 6.07) is 3.80. The van der Waals surface area contributed by atoms with Gasteiger partial charge < -0.3 is 19.6 Å². The highest BCUT2D eigenvalue weighted by Crippen LogP contribution is 2.27. The van der Waals surface area contributed by atoms with Crippen molar-refractivity contribution >= 4 is 5.88 Å². The molecule has 2 N–H and O–H groups in total. The van der Waals surface area contributed by atoms with Crippen LogP contribution in [0.25, 0.3) is 0 Å². The average molecular weight is 197 g/mol. The lowest BCUT2D eigenvalue weighted by Gasteiger charge is -2.39. The van der Waals surface area contributed by atoms with Gasteiger partial charge in [-0.1, -0.05) is 0 Å². The molecular weight excluding hydrogens is 182 g/mol. The van der Waals surface area contributed by atoms with Gasteiger partial charge in [-0.15, -0.1) is 0 Å². The Morgan fingerprint density at radius 3 is 2.71 bits per heavy atom. The van der Waals surface area contributed by atoms with Crippen molar-refractivity contribution in [3.05, 3.63) is 17.9 Å². The second-order valence-electron chi connectivity index (χ2n) is 3.91. The van der Waals surface area contributed by atoms with Crippen molar-refractivity contribution in [2.75, 3.05) is 31.7 Å². The molecule has 4 nitrogen and oxygen atoms in total. The maximum absolute atomic E-state index is 9.17. The van der Waals surface area contributed by atoms with Crippen LogP contribution in [0.3, 0.4) is 0 Å². The fraction of sp³-hybridized carbons (Fsp3) is 0.600. The monoisotopic (exact) mass is 197 g/mol. The zero-order valence-electron chi connectivity index (χ0n) is 8.25. The third-order valence-corrected chi connectivity index (χ3v) is 2.53. The third-order valence-electron chi connectivity index (χ3n) is 2.53. The molecule has 0 saturated carbocycles. The van der Waals surface area contributed by atoms with Crippen molar-refractivity contribution < 1.29 is 14.3 Å². The fourth-order valence-electron chi connectivity index (χ4n) is 1.44. The Kier molecular flexibility index (Phi) is 2.48. The largest absolute Gasteiger partial charge is 0.446 e. The van der Waals surface area contributed by atoms with Crippen LogP contribution in [0.15, 0.2) is 16.5 Å². The summed E-state index contributed by atoms with van der Waals surface area (Å²) in [5.41, 5.74) is -0.110. The molecule has 2 rings (SSSR count). The fourth-order valence-corrected chi connectivity index (χ4v) is 1.44. The predicted octanol–water partition coefficient (Wildman–Crippen LogP) is 1.01. The number of furan rings is 1. The Bertz CT molecular complexity index is 299. The van der Waals surface area contributed by atoms with Gasteiger partial charge in [0.2, 0.25) is 0 Å². The molecule has 0 unspecified atom stereocenters. The Morgan fingerprint density at radius 1 is 1.50 bits per heavy atom. The molecule has 0 bridgehead atoms. The first kappa shape index (κ1) is 9.55. The zero-order valence-corrected chi connectivity index (χ0v) is 8.25. The first-order valence-corrected chi connectivity index (χ1v) is 4.73. The van der Waals surface area contributed by atoms with Crippen molar-refractivity contribution in [2.24, 2.45) is 5.41 Å².